The van der Waals surface area contributed by atoms with E-state index in [-0.39, 0.29) is 12.5 Å². The van der Waals surface area contributed by atoms with Gasteiger partial charge in [0.2, 0.25) is 0 Å². The lowest BCUT2D eigenvalue weighted by atomic mass is 9.93. The molecule has 0 aliphatic heterocycles. The number of thiophene rings is 1. The van der Waals surface area contributed by atoms with Gasteiger partial charge < -0.3 is 5.11 Å². The van der Waals surface area contributed by atoms with E-state index in [0.29, 0.717) is 0 Å². The highest BCUT2D eigenvalue weighted by atomic mass is 35.5. The average Bonchev–Trinajstić information content (AvgIpc) is 2.85. The van der Waals surface area contributed by atoms with Gasteiger partial charge in [-0.15, -0.1) is 0 Å². The third-order valence-electron chi connectivity index (χ3n) is 2.93. The van der Waals surface area contributed by atoms with Crippen molar-refractivity contribution in [3.63, 3.8) is 0 Å². The standard InChI is InChI=1S/C14H15ClOS/c15-14-4-2-1-3-13(14)12(9-16)6-5-11-7-8-17-10-11/h1-4,7-8,10,12,16H,5-6,9H2. The molecule has 90 valence electrons. The maximum atomic E-state index is 9.48. The minimum Gasteiger partial charge on any atom is -0.396 e. The van der Waals surface area contributed by atoms with Crippen LogP contribution in [0.15, 0.2) is 41.1 Å². The molecule has 1 aromatic heterocycles. The Hall–Kier alpha value is -0.830. The van der Waals surface area contributed by atoms with Crippen molar-refractivity contribution in [2.75, 3.05) is 6.61 Å². The van der Waals surface area contributed by atoms with Gasteiger partial charge in [0.05, 0.1) is 0 Å². The summed E-state index contributed by atoms with van der Waals surface area (Å²) in [6.07, 6.45) is 1.91. The molecule has 1 atom stereocenters. The number of hydrogen-bond donors (Lipinski definition) is 1. The van der Waals surface area contributed by atoms with Crippen LogP contribution in [0, 0.1) is 0 Å². The SMILES string of the molecule is OCC(CCc1ccsc1)c1ccccc1Cl. The molecule has 2 aromatic rings. The van der Waals surface area contributed by atoms with Gasteiger partial charge in [-0.25, -0.2) is 0 Å². The Morgan fingerprint density at radius 3 is 2.71 bits per heavy atom. The zero-order chi connectivity index (χ0) is 12.1. The summed E-state index contributed by atoms with van der Waals surface area (Å²) in [6.45, 7) is 0.147. The molecule has 1 unspecified atom stereocenters. The van der Waals surface area contributed by atoms with Crippen LogP contribution in [-0.4, -0.2) is 11.7 Å². The van der Waals surface area contributed by atoms with E-state index in [1.165, 1.54) is 5.56 Å². The molecule has 2 rings (SSSR count). The smallest absolute Gasteiger partial charge is 0.0500 e. The van der Waals surface area contributed by atoms with E-state index in [0.717, 1.165) is 23.4 Å². The molecule has 0 saturated carbocycles. The highest BCUT2D eigenvalue weighted by Gasteiger charge is 2.13. The van der Waals surface area contributed by atoms with E-state index in [1.807, 2.05) is 24.3 Å². The summed E-state index contributed by atoms with van der Waals surface area (Å²) in [7, 11) is 0. The molecule has 3 heteroatoms. The third-order valence-corrected chi connectivity index (χ3v) is 4.00. The Kier molecular flexibility index (Phi) is 4.60. The van der Waals surface area contributed by atoms with Gasteiger partial charge in [0.25, 0.3) is 0 Å². The summed E-state index contributed by atoms with van der Waals surface area (Å²) in [5.41, 5.74) is 2.38. The lowest BCUT2D eigenvalue weighted by Gasteiger charge is -2.15. The van der Waals surface area contributed by atoms with Gasteiger partial charge in [-0.2, -0.15) is 11.3 Å². The van der Waals surface area contributed by atoms with Crippen LogP contribution in [0.4, 0.5) is 0 Å². The van der Waals surface area contributed by atoms with E-state index in [2.05, 4.69) is 16.8 Å². The minimum atomic E-state index is 0.128. The molecule has 1 nitrogen and oxygen atoms in total. The van der Waals surface area contributed by atoms with Gasteiger partial charge in [0.1, 0.15) is 0 Å². The van der Waals surface area contributed by atoms with Crippen LogP contribution in [-0.2, 0) is 6.42 Å². The second-order valence-corrected chi connectivity index (χ2v) is 5.26. The third kappa shape index (κ3) is 3.32. The topological polar surface area (TPSA) is 20.2 Å². The molecule has 1 heterocycles. The van der Waals surface area contributed by atoms with Crippen LogP contribution in [0.1, 0.15) is 23.5 Å². The Bertz CT molecular complexity index is 453. The summed E-state index contributed by atoms with van der Waals surface area (Å²) >= 11 is 7.86. The van der Waals surface area contributed by atoms with E-state index < -0.39 is 0 Å². The number of aliphatic hydroxyl groups excluding tert-OH is 1. The molecule has 17 heavy (non-hydrogen) atoms. The largest absolute Gasteiger partial charge is 0.396 e. The van der Waals surface area contributed by atoms with Gasteiger partial charge in [-0.1, -0.05) is 29.8 Å². The van der Waals surface area contributed by atoms with Gasteiger partial charge in [-0.3, -0.25) is 0 Å². The van der Waals surface area contributed by atoms with Crippen LogP contribution in [0.5, 0.6) is 0 Å². The van der Waals surface area contributed by atoms with Gasteiger partial charge in [0.15, 0.2) is 0 Å². The number of rotatable bonds is 5. The monoisotopic (exact) mass is 266 g/mol. The van der Waals surface area contributed by atoms with Crippen LogP contribution < -0.4 is 0 Å². The summed E-state index contributed by atoms with van der Waals surface area (Å²) in [5, 5.41) is 14.5. The quantitative estimate of drug-likeness (QED) is 0.864. The lowest BCUT2D eigenvalue weighted by molar-refractivity contribution is 0.259. The Balaban J connectivity index is 2.04. The lowest BCUT2D eigenvalue weighted by Crippen LogP contribution is -2.06. The summed E-state index contributed by atoms with van der Waals surface area (Å²) in [6, 6.07) is 9.89. The fourth-order valence-corrected chi connectivity index (χ4v) is 2.92. The van der Waals surface area contributed by atoms with Crippen LogP contribution in [0.25, 0.3) is 0 Å². The molecule has 0 bridgehead atoms. The van der Waals surface area contributed by atoms with Crippen molar-refractivity contribution in [3.05, 3.63) is 57.2 Å². The molecular weight excluding hydrogens is 252 g/mol. The van der Waals surface area contributed by atoms with Crippen molar-refractivity contribution in [1.82, 2.24) is 0 Å². The first kappa shape index (κ1) is 12.6. The molecule has 0 radical (unpaired) electrons. The fourth-order valence-electron chi connectivity index (χ4n) is 1.93. The van der Waals surface area contributed by atoms with Crippen LogP contribution >= 0.6 is 22.9 Å². The fraction of sp³-hybridized carbons (Fsp3) is 0.286. The van der Waals surface area contributed by atoms with E-state index >= 15 is 0 Å². The Morgan fingerprint density at radius 2 is 2.06 bits per heavy atom. The van der Waals surface area contributed by atoms with E-state index in [4.69, 9.17) is 11.6 Å². The number of halogens is 1. The zero-order valence-corrected chi connectivity index (χ0v) is 11.0. The summed E-state index contributed by atoms with van der Waals surface area (Å²) in [4.78, 5) is 0. The molecule has 0 saturated heterocycles. The highest BCUT2D eigenvalue weighted by Crippen LogP contribution is 2.28. The molecule has 0 spiro atoms. The normalized spacial score (nSPS) is 12.6. The highest BCUT2D eigenvalue weighted by molar-refractivity contribution is 7.07. The van der Waals surface area contributed by atoms with Crippen molar-refractivity contribution < 1.29 is 5.11 Å². The zero-order valence-electron chi connectivity index (χ0n) is 9.47. The molecule has 1 aromatic carbocycles. The first-order valence-electron chi connectivity index (χ1n) is 5.67. The number of benzene rings is 1. The first-order chi connectivity index (χ1) is 8.31. The summed E-state index contributed by atoms with van der Waals surface area (Å²) < 4.78 is 0. The van der Waals surface area contributed by atoms with Crippen molar-refractivity contribution in [2.45, 2.75) is 18.8 Å². The van der Waals surface area contributed by atoms with Crippen LogP contribution in [0.2, 0.25) is 5.02 Å². The predicted molar refractivity (Wildman–Crippen MR) is 73.9 cm³/mol. The first-order valence-corrected chi connectivity index (χ1v) is 6.99. The van der Waals surface area contributed by atoms with Crippen molar-refractivity contribution in [3.8, 4) is 0 Å². The Morgan fingerprint density at radius 1 is 1.24 bits per heavy atom. The minimum absolute atomic E-state index is 0.128. The summed E-state index contributed by atoms with van der Waals surface area (Å²) in [5.74, 6) is 0.128. The van der Waals surface area contributed by atoms with Crippen LogP contribution in [0.3, 0.4) is 0 Å². The van der Waals surface area contributed by atoms with Gasteiger partial charge >= 0.3 is 0 Å². The molecular formula is C14H15ClOS. The predicted octanol–water partition coefficient (Wildman–Crippen LogP) is 4.11. The molecule has 0 aliphatic carbocycles. The van der Waals surface area contributed by atoms with Gasteiger partial charge in [-0.05, 0) is 46.9 Å². The number of hydrogen-bond acceptors (Lipinski definition) is 2. The number of aliphatic hydroxyl groups is 1. The molecule has 0 fully saturated rings. The second kappa shape index (κ2) is 6.20. The second-order valence-electron chi connectivity index (χ2n) is 4.07. The number of aryl methyl sites for hydroxylation is 1. The maximum Gasteiger partial charge on any atom is 0.0500 e. The molecule has 0 amide bonds. The average molecular weight is 267 g/mol. The van der Waals surface area contributed by atoms with E-state index in [9.17, 15) is 5.11 Å². The van der Waals surface area contributed by atoms with Gasteiger partial charge in [0, 0.05) is 17.5 Å². The van der Waals surface area contributed by atoms with Crippen molar-refractivity contribution in [1.29, 1.82) is 0 Å². The van der Waals surface area contributed by atoms with Crippen molar-refractivity contribution in [2.24, 2.45) is 0 Å². The van der Waals surface area contributed by atoms with E-state index in [1.54, 1.807) is 11.3 Å². The molecule has 1 N–H and O–H groups in total. The van der Waals surface area contributed by atoms with Crippen molar-refractivity contribution >= 4 is 22.9 Å². The molecule has 0 aliphatic rings. The maximum absolute atomic E-state index is 9.48. The Labute approximate surface area is 111 Å².